The summed E-state index contributed by atoms with van der Waals surface area (Å²) in [6.07, 6.45) is 0. The van der Waals surface area contributed by atoms with E-state index < -0.39 is 23.0 Å². The molecule has 2 amide bonds. The lowest BCUT2D eigenvalue weighted by Gasteiger charge is -2.29. The van der Waals surface area contributed by atoms with Gasteiger partial charge in [-0.2, -0.15) is 0 Å². The molecule has 0 saturated carbocycles. The molecule has 0 saturated heterocycles. The summed E-state index contributed by atoms with van der Waals surface area (Å²) in [5.41, 5.74) is 1.61. The van der Waals surface area contributed by atoms with E-state index in [1.54, 1.807) is 44.2 Å². The molecule has 3 rings (SSSR count). The Kier molecular flexibility index (Phi) is 6.31. The molecule has 0 fully saturated rings. The van der Waals surface area contributed by atoms with E-state index in [4.69, 9.17) is 9.47 Å². The molecule has 0 aliphatic carbocycles. The van der Waals surface area contributed by atoms with Gasteiger partial charge in [0.25, 0.3) is 0 Å². The van der Waals surface area contributed by atoms with Crippen molar-refractivity contribution in [3.05, 3.63) is 81.0 Å². The molecule has 0 radical (unpaired) electrons. The minimum Gasteiger partial charge on any atom is -0.480 e. The molecule has 0 bridgehead atoms. The van der Waals surface area contributed by atoms with E-state index in [0.717, 1.165) is 5.56 Å². The van der Waals surface area contributed by atoms with Crippen molar-refractivity contribution in [2.75, 3.05) is 13.2 Å². The van der Waals surface area contributed by atoms with Crippen molar-refractivity contribution in [2.24, 2.45) is 0 Å². The van der Waals surface area contributed by atoms with Gasteiger partial charge in [-0.05, 0) is 31.0 Å². The number of amides is 2. The van der Waals surface area contributed by atoms with Crippen LogP contribution >= 0.6 is 0 Å². The standard InChI is InChI=1S/C21H21N3O6/c1-3-29-20(25)18-15(12-30-17-11-13(2)9-10-16(17)24(27)28)22-21(26)23-19(18)14-7-5-4-6-8-14/h4-11,19H,3,12H2,1-2H3,(H2,22,23,26). The fourth-order valence-electron chi connectivity index (χ4n) is 3.11. The Hall–Kier alpha value is -3.88. The highest BCUT2D eigenvalue weighted by atomic mass is 16.6. The third kappa shape index (κ3) is 4.57. The highest BCUT2D eigenvalue weighted by Gasteiger charge is 2.34. The van der Waals surface area contributed by atoms with Gasteiger partial charge in [0.15, 0.2) is 5.75 Å². The number of carbonyl (C=O) groups excluding carboxylic acids is 2. The summed E-state index contributed by atoms with van der Waals surface area (Å²) in [4.78, 5) is 35.7. The molecule has 0 aromatic heterocycles. The molecular formula is C21H21N3O6. The molecular weight excluding hydrogens is 390 g/mol. The molecule has 9 heteroatoms. The summed E-state index contributed by atoms with van der Waals surface area (Å²) >= 11 is 0. The molecule has 1 aliphatic rings. The maximum atomic E-state index is 12.7. The number of nitrogens with zero attached hydrogens (tertiary/aromatic N) is 1. The van der Waals surface area contributed by atoms with Gasteiger partial charge in [-0.15, -0.1) is 0 Å². The van der Waals surface area contributed by atoms with E-state index in [9.17, 15) is 19.7 Å². The van der Waals surface area contributed by atoms with Crippen molar-refractivity contribution in [3.63, 3.8) is 0 Å². The van der Waals surface area contributed by atoms with E-state index >= 15 is 0 Å². The largest absolute Gasteiger partial charge is 0.480 e. The van der Waals surface area contributed by atoms with Crippen molar-refractivity contribution >= 4 is 17.7 Å². The zero-order valence-electron chi connectivity index (χ0n) is 16.5. The van der Waals surface area contributed by atoms with Crippen LogP contribution in [0.15, 0.2) is 59.8 Å². The Labute approximate surface area is 172 Å². The lowest BCUT2D eigenvalue weighted by molar-refractivity contribution is -0.385. The third-order valence-electron chi connectivity index (χ3n) is 4.47. The Morgan fingerprint density at radius 1 is 1.20 bits per heavy atom. The van der Waals surface area contributed by atoms with Crippen molar-refractivity contribution in [1.82, 2.24) is 10.6 Å². The first-order valence-corrected chi connectivity index (χ1v) is 9.31. The van der Waals surface area contributed by atoms with Crippen molar-refractivity contribution in [3.8, 4) is 5.75 Å². The Morgan fingerprint density at radius 2 is 1.93 bits per heavy atom. The molecule has 2 N–H and O–H groups in total. The van der Waals surface area contributed by atoms with Gasteiger partial charge in [0, 0.05) is 6.07 Å². The van der Waals surface area contributed by atoms with Crippen LogP contribution in [0.2, 0.25) is 0 Å². The number of carbonyl (C=O) groups is 2. The second-order valence-corrected chi connectivity index (χ2v) is 6.57. The summed E-state index contributed by atoms with van der Waals surface area (Å²) in [5, 5.41) is 16.6. The van der Waals surface area contributed by atoms with Crippen LogP contribution in [-0.2, 0) is 9.53 Å². The van der Waals surface area contributed by atoms with E-state index in [2.05, 4.69) is 10.6 Å². The molecule has 9 nitrogen and oxygen atoms in total. The molecule has 2 aromatic carbocycles. The smallest absolute Gasteiger partial charge is 0.338 e. The van der Waals surface area contributed by atoms with Gasteiger partial charge in [0.1, 0.15) is 6.61 Å². The number of nitro benzene ring substituents is 1. The first kappa shape index (κ1) is 20.8. The van der Waals surface area contributed by atoms with Crippen LogP contribution in [0.5, 0.6) is 5.75 Å². The summed E-state index contributed by atoms with van der Waals surface area (Å²) in [5.74, 6) is -0.573. The molecule has 156 valence electrons. The van der Waals surface area contributed by atoms with Crippen molar-refractivity contribution < 1.29 is 24.0 Å². The highest BCUT2D eigenvalue weighted by Crippen LogP contribution is 2.31. The fraction of sp³-hybridized carbons (Fsp3) is 0.238. The molecule has 30 heavy (non-hydrogen) atoms. The van der Waals surface area contributed by atoms with Gasteiger partial charge < -0.3 is 20.1 Å². The molecule has 0 spiro atoms. The quantitative estimate of drug-likeness (QED) is 0.410. The Morgan fingerprint density at radius 3 is 2.60 bits per heavy atom. The molecule has 2 aromatic rings. The van der Waals surface area contributed by atoms with Crippen LogP contribution in [-0.4, -0.2) is 30.1 Å². The van der Waals surface area contributed by atoms with E-state index in [0.29, 0.717) is 5.56 Å². The first-order chi connectivity index (χ1) is 14.4. The number of aryl methyl sites for hydroxylation is 1. The maximum Gasteiger partial charge on any atom is 0.338 e. The predicted molar refractivity (Wildman–Crippen MR) is 108 cm³/mol. The molecule has 1 heterocycles. The van der Waals surface area contributed by atoms with Crippen LogP contribution in [0.4, 0.5) is 10.5 Å². The minimum atomic E-state index is -0.745. The number of nitrogens with one attached hydrogen (secondary N) is 2. The van der Waals surface area contributed by atoms with Gasteiger partial charge >= 0.3 is 17.7 Å². The molecule has 1 atom stereocenters. The lowest BCUT2D eigenvalue weighted by atomic mass is 9.95. The fourth-order valence-corrected chi connectivity index (χ4v) is 3.11. The zero-order valence-corrected chi connectivity index (χ0v) is 16.5. The van der Waals surface area contributed by atoms with Crippen LogP contribution in [0, 0.1) is 17.0 Å². The summed E-state index contributed by atoms with van der Waals surface area (Å²) < 4.78 is 10.8. The maximum absolute atomic E-state index is 12.7. The molecule has 1 aliphatic heterocycles. The average Bonchev–Trinajstić information content (AvgIpc) is 2.72. The number of urea groups is 1. The third-order valence-corrected chi connectivity index (χ3v) is 4.47. The van der Waals surface area contributed by atoms with Gasteiger partial charge in [-0.1, -0.05) is 36.4 Å². The van der Waals surface area contributed by atoms with Crippen LogP contribution < -0.4 is 15.4 Å². The lowest BCUT2D eigenvalue weighted by Crippen LogP contribution is -2.47. The van der Waals surface area contributed by atoms with E-state index in [1.165, 1.54) is 12.1 Å². The minimum absolute atomic E-state index is 0.0414. The number of nitro groups is 1. The zero-order chi connectivity index (χ0) is 21.7. The second kappa shape index (κ2) is 9.08. The monoisotopic (exact) mass is 411 g/mol. The number of benzene rings is 2. The summed E-state index contributed by atoms with van der Waals surface area (Å²) in [6.45, 7) is 3.35. The van der Waals surface area contributed by atoms with E-state index in [1.807, 2.05) is 6.07 Å². The molecule has 1 unspecified atom stereocenters. The Bertz CT molecular complexity index is 1000. The number of rotatable bonds is 7. The van der Waals surface area contributed by atoms with E-state index in [-0.39, 0.29) is 35.9 Å². The van der Waals surface area contributed by atoms with Crippen LogP contribution in [0.3, 0.4) is 0 Å². The second-order valence-electron chi connectivity index (χ2n) is 6.57. The van der Waals surface area contributed by atoms with Crippen LogP contribution in [0.1, 0.15) is 24.1 Å². The Balaban J connectivity index is 2.00. The topological polar surface area (TPSA) is 120 Å². The highest BCUT2D eigenvalue weighted by molar-refractivity contribution is 5.95. The number of ether oxygens (including phenoxy) is 2. The predicted octanol–water partition coefficient (Wildman–Crippen LogP) is 3.15. The van der Waals surface area contributed by atoms with Crippen molar-refractivity contribution in [2.45, 2.75) is 19.9 Å². The van der Waals surface area contributed by atoms with Gasteiger partial charge in [-0.3, -0.25) is 10.1 Å². The SMILES string of the molecule is CCOC(=O)C1=C(COc2cc(C)ccc2[N+](=O)[O-])NC(=O)NC1c1ccccc1. The number of hydrogen-bond acceptors (Lipinski definition) is 6. The van der Waals surface area contributed by atoms with Gasteiger partial charge in [-0.25, -0.2) is 9.59 Å². The average molecular weight is 411 g/mol. The summed E-state index contributed by atoms with van der Waals surface area (Å²) in [6, 6.07) is 12.2. The summed E-state index contributed by atoms with van der Waals surface area (Å²) in [7, 11) is 0. The van der Waals surface area contributed by atoms with Crippen LogP contribution in [0.25, 0.3) is 0 Å². The van der Waals surface area contributed by atoms with Gasteiger partial charge in [0.05, 0.1) is 28.8 Å². The first-order valence-electron chi connectivity index (χ1n) is 9.31. The number of hydrogen-bond donors (Lipinski definition) is 2. The number of esters is 1. The normalized spacial score (nSPS) is 15.8. The van der Waals surface area contributed by atoms with Crippen molar-refractivity contribution in [1.29, 1.82) is 0 Å². The van der Waals surface area contributed by atoms with Gasteiger partial charge in [0.2, 0.25) is 0 Å².